The molecule has 0 aliphatic heterocycles. The second kappa shape index (κ2) is 23.2. The predicted octanol–water partition coefficient (Wildman–Crippen LogP) is 12.2. The smallest absolute Gasteiger partial charge is 0.222 e. The maximum absolute atomic E-state index is 13.7. The fraction of sp³-hybridized carbons (Fsp3) is 0.978. The van der Waals surface area contributed by atoms with Crippen molar-refractivity contribution in [1.29, 1.82) is 0 Å². The van der Waals surface area contributed by atoms with E-state index in [4.69, 9.17) is 14.2 Å². The molecule has 294 valence electrons. The first-order valence-corrected chi connectivity index (χ1v) is 22.0. The molecule has 5 heteroatoms. The van der Waals surface area contributed by atoms with E-state index < -0.39 is 0 Å². The number of ether oxygens (including phenoxy) is 3. The average molecular weight is 704 g/mol. The van der Waals surface area contributed by atoms with Gasteiger partial charge in [-0.05, 0) is 105 Å². The zero-order valence-electron chi connectivity index (χ0n) is 34.7. The predicted molar refractivity (Wildman–Crippen MR) is 212 cm³/mol. The van der Waals surface area contributed by atoms with E-state index in [-0.39, 0.29) is 17.6 Å². The average Bonchev–Trinajstić information content (AvgIpc) is 3.11. The molecular weight excluding hydrogens is 618 g/mol. The molecule has 0 radical (unpaired) electrons. The minimum absolute atomic E-state index is 0.143. The summed E-state index contributed by atoms with van der Waals surface area (Å²) in [5, 5.41) is 0. The van der Waals surface area contributed by atoms with E-state index >= 15 is 0 Å². The Morgan fingerprint density at radius 2 is 1.36 bits per heavy atom. The van der Waals surface area contributed by atoms with Gasteiger partial charge in [0.2, 0.25) is 5.91 Å². The summed E-state index contributed by atoms with van der Waals surface area (Å²) < 4.78 is 19.3. The van der Waals surface area contributed by atoms with Crippen LogP contribution in [0.5, 0.6) is 0 Å². The van der Waals surface area contributed by atoms with Crippen LogP contribution in [-0.4, -0.2) is 62.5 Å². The summed E-state index contributed by atoms with van der Waals surface area (Å²) in [5.74, 6) is 2.98. The Kier molecular flexibility index (Phi) is 20.3. The van der Waals surface area contributed by atoms with Crippen LogP contribution in [0.25, 0.3) is 0 Å². The lowest BCUT2D eigenvalue weighted by Gasteiger charge is -2.47. The summed E-state index contributed by atoms with van der Waals surface area (Å²) in [5.41, 5.74) is 0.662. The van der Waals surface area contributed by atoms with E-state index in [0.29, 0.717) is 35.7 Å². The third kappa shape index (κ3) is 15.4. The number of nitrogens with zero attached hydrogens (tertiary/aromatic N) is 1. The van der Waals surface area contributed by atoms with Crippen molar-refractivity contribution < 1.29 is 19.0 Å². The molecule has 0 bridgehead atoms. The van der Waals surface area contributed by atoms with Crippen LogP contribution < -0.4 is 0 Å². The van der Waals surface area contributed by atoms with Crippen molar-refractivity contribution in [3.63, 3.8) is 0 Å². The minimum Gasteiger partial charge on any atom is -0.379 e. The van der Waals surface area contributed by atoms with Gasteiger partial charge in [-0.2, -0.15) is 0 Å². The fourth-order valence-electron chi connectivity index (χ4n) is 9.49. The topological polar surface area (TPSA) is 48.0 Å². The lowest BCUT2D eigenvalue weighted by molar-refractivity contribution is -0.134. The molecule has 1 amide bonds. The van der Waals surface area contributed by atoms with Crippen LogP contribution in [0.3, 0.4) is 0 Å². The molecule has 0 aromatic rings. The molecule has 3 saturated carbocycles. The highest BCUT2D eigenvalue weighted by molar-refractivity contribution is 5.76. The minimum atomic E-state index is 0.143. The summed E-state index contributed by atoms with van der Waals surface area (Å²) in [6, 6.07) is 0. The molecule has 3 rings (SSSR count). The molecule has 6 unspecified atom stereocenters. The molecule has 0 saturated heterocycles. The van der Waals surface area contributed by atoms with E-state index in [1.165, 1.54) is 103 Å². The van der Waals surface area contributed by atoms with E-state index in [0.717, 1.165) is 76.7 Å². The van der Waals surface area contributed by atoms with Crippen LogP contribution in [0.4, 0.5) is 0 Å². The molecule has 3 aliphatic carbocycles. The Balaban J connectivity index is 1.49. The highest BCUT2D eigenvalue weighted by Gasteiger charge is 2.42. The van der Waals surface area contributed by atoms with Crippen LogP contribution in [-0.2, 0) is 19.0 Å². The number of unbranched alkanes of at least 4 members (excludes halogenated alkanes) is 8. The first-order chi connectivity index (χ1) is 24.0. The summed E-state index contributed by atoms with van der Waals surface area (Å²) in [6.07, 6.45) is 28.6. The Labute approximate surface area is 311 Å². The first-order valence-electron chi connectivity index (χ1n) is 22.0. The van der Waals surface area contributed by atoms with Crippen LogP contribution in [0.15, 0.2) is 0 Å². The SMILES string of the molecule is CCCCCCCCCCC(=O)N(CCCCOC1CCC(C(C)(C)CC)CC1C(C)(C)C)CC1CCC(OCC2CCCCC2)C(OC)C1. The molecule has 0 aromatic carbocycles. The second-order valence-corrected chi connectivity index (χ2v) is 18.8. The van der Waals surface area contributed by atoms with Crippen molar-refractivity contribution in [2.75, 3.05) is 33.4 Å². The summed E-state index contributed by atoms with van der Waals surface area (Å²) in [4.78, 5) is 16.0. The van der Waals surface area contributed by atoms with Gasteiger partial charge >= 0.3 is 0 Å². The van der Waals surface area contributed by atoms with Gasteiger partial charge in [0.25, 0.3) is 0 Å². The molecule has 0 aromatic heterocycles. The zero-order valence-corrected chi connectivity index (χ0v) is 34.7. The van der Waals surface area contributed by atoms with Crippen LogP contribution in [0.1, 0.15) is 196 Å². The van der Waals surface area contributed by atoms with Crippen molar-refractivity contribution >= 4 is 5.91 Å². The van der Waals surface area contributed by atoms with Crippen molar-refractivity contribution in [3.8, 4) is 0 Å². The molecule has 3 fully saturated rings. The van der Waals surface area contributed by atoms with Gasteiger partial charge in [-0.25, -0.2) is 0 Å². The van der Waals surface area contributed by atoms with Gasteiger partial charge in [0.1, 0.15) is 0 Å². The van der Waals surface area contributed by atoms with Gasteiger partial charge < -0.3 is 19.1 Å². The van der Waals surface area contributed by atoms with Crippen molar-refractivity contribution in [1.82, 2.24) is 4.90 Å². The Hall–Kier alpha value is -0.650. The highest BCUT2D eigenvalue weighted by atomic mass is 16.5. The maximum atomic E-state index is 13.7. The Morgan fingerprint density at radius 1 is 0.680 bits per heavy atom. The van der Waals surface area contributed by atoms with Crippen LogP contribution in [0.2, 0.25) is 0 Å². The molecule has 0 N–H and O–H groups in total. The van der Waals surface area contributed by atoms with E-state index in [1.807, 2.05) is 7.11 Å². The zero-order chi connectivity index (χ0) is 36.4. The van der Waals surface area contributed by atoms with Gasteiger partial charge in [-0.3, -0.25) is 4.79 Å². The van der Waals surface area contributed by atoms with Crippen LogP contribution in [0, 0.1) is 34.5 Å². The fourth-order valence-corrected chi connectivity index (χ4v) is 9.49. The monoisotopic (exact) mass is 704 g/mol. The number of hydrogen-bond donors (Lipinski definition) is 0. The third-order valence-electron chi connectivity index (χ3n) is 13.6. The second-order valence-electron chi connectivity index (χ2n) is 18.8. The van der Waals surface area contributed by atoms with Gasteiger partial charge in [0.15, 0.2) is 0 Å². The Morgan fingerprint density at radius 3 is 2.02 bits per heavy atom. The number of carbonyl (C=O) groups excluding carboxylic acids is 1. The largest absolute Gasteiger partial charge is 0.379 e. The van der Waals surface area contributed by atoms with Crippen LogP contribution >= 0.6 is 0 Å². The van der Waals surface area contributed by atoms with Gasteiger partial charge in [-0.1, -0.05) is 119 Å². The first kappa shape index (κ1) is 43.8. The number of rotatable bonds is 23. The molecule has 0 spiro atoms. The number of amides is 1. The van der Waals surface area contributed by atoms with Gasteiger partial charge in [0.05, 0.1) is 18.3 Å². The summed E-state index contributed by atoms with van der Waals surface area (Å²) >= 11 is 0. The van der Waals surface area contributed by atoms with E-state index in [9.17, 15) is 4.79 Å². The molecular formula is C45H85NO4. The molecule has 6 atom stereocenters. The Bertz CT molecular complexity index is 892. The summed E-state index contributed by atoms with van der Waals surface area (Å²) in [7, 11) is 1.86. The number of carbonyl (C=O) groups is 1. The molecule has 5 nitrogen and oxygen atoms in total. The van der Waals surface area contributed by atoms with Crippen molar-refractivity contribution in [2.45, 2.75) is 214 Å². The highest BCUT2D eigenvalue weighted by Crippen LogP contribution is 2.48. The van der Waals surface area contributed by atoms with Crippen molar-refractivity contribution in [2.24, 2.45) is 34.5 Å². The number of hydrogen-bond acceptors (Lipinski definition) is 4. The quantitative estimate of drug-likeness (QED) is 0.0994. The lowest BCUT2D eigenvalue weighted by atomic mass is 9.61. The molecule has 0 heterocycles. The van der Waals surface area contributed by atoms with E-state index in [2.05, 4.69) is 53.4 Å². The maximum Gasteiger partial charge on any atom is 0.222 e. The standard InChI is InChI=1S/C45H85NO4/c1-9-11-12-13-14-15-16-20-25-43(47)46(34-37-26-28-41(42(32-37)48-8)50-35-36-23-18-17-19-24-36)30-21-22-31-49-40-29-27-38(45(6,7)10-2)33-39(40)44(3,4)5/h36-42H,9-35H2,1-8H3. The number of methoxy groups -OCH3 is 1. The van der Waals surface area contributed by atoms with Gasteiger partial charge in [0, 0.05) is 39.8 Å². The third-order valence-corrected chi connectivity index (χ3v) is 13.6. The molecule has 50 heavy (non-hydrogen) atoms. The van der Waals surface area contributed by atoms with Gasteiger partial charge in [-0.15, -0.1) is 0 Å². The summed E-state index contributed by atoms with van der Waals surface area (Å²) in [6.45, 7) is 20.2. The normalized spacial score (nSPS) is 27.0. The van der Waals surface area contributed by atoms with Crippen molar-refractivity contribution in [3.05, 3.63) is 0 Å². The lowest BCUT2D eigenvalue weighted by Crippen LogP contribution is -2.43. The van der Waals surface area contributed by atoms with E-state index in [1.54, 1.807) is 0 Å². The molecule has 3 aliphatic rings.